The quantitative estimate of drug-likeness (QED) is 0.853. The van der Waals surface area contributed by atoms with E-state index in [1.807, 2.05) is 18.2 Å². The molecular formula is C13H18BrNO. The molecule has 0 radical (unpaired) electrons. The van der Waals surface area contributed by atoms with Crippen LogP contribution in [0.1, 0.15) is 31.7 Å². The van der Waals surface area contributed by atoms with Crippen molar-refractivity contribution in [2.75, 3.05) is 6.54 Å². The molecule has 1 rings (SSSR count). The largest absolute Gasteiger partial charge is 0.356 e. The maximum absolute atomic E-state index is 11.4. The van der Waals surface area contributed by atoms with Gasteiger partial charge in [0.05, 0.1) is 0 Å². The number of amides is 1. The van der Waals surface area contributed by atoms with Gasteiger partial charge in [-0.15, -0.1) is 0 Å². The van der Waals surface area contributed by atoms with E-state index in [4.69, 9.17) is 0 Å². The van der Waals surface area contributed by atoms with Crippen LogP contribution in [0.15, 0.2) is 28.7 Å². The fourth-order valence-corrected chi connectivity index (χ4v) is 1.95. The molecule has 1 aromatic rings. The zero-order chi connectivity index (χ0) is 11.8. The van der Waals surface area contributed by atoms with Crippen molar-refractivity contribution in [3.63, 3.8) is 0 Å². The van der Waals surface area contributed by atoms with Gasteiger partial charge in [-0.25, -0.2) is 0 Å². The predicted octanol–water partition coefficient (Wildman–Crippen LogP) is 3.30. The van der Waals surface area contributed by atoms with Gasteiger partial charge in [-0.05, 0) is 24.5 Å². The Morgan fingerprint density at radius 3 is 2.81 bits per heavy atom. The molecule has 0 aromatic heterocycles. The van der Waals surface area contributed by atoms with Gasteiger partial charge in [0.25, 0.3) is 0 Å². The number of hydrogen-bond donors (Lipinski definition) is 1. The number of carbonyl (C=O) groups is 1. The SMILES string of the molecule is CCCCC(=O)NCCc1ccccc1Br. The van der Waals surface area contributed by atoms with E-state index in [1.165, 1.54) is 5.56 Å². The highest BCUT2D eigenvalue weighted by atomic mass is 79.9. The summed E-state index contributed by atoms with van der Waals surface area (Å²) in [5, 5.41) is 2.93. The monoisotopic (exact) mass is 283 g/mol. The van der Waals surface area contributed by atoms with Gasteiger partial charge in [-0.2, -0.15) is 0 Å². The first-order valence-electron chi connectivity index (χ1n) is 5.74. The van der Waals surface area contributed by atoms with Gasteiger partial charge in [0.2, 0.25) is 5.91 Å². The van der Waals surface area contributed by atoms with Crippen molar-refractivity contribution in [1.29, 1.82) is 0 Å². The standard InChI is InChI=1S/C13H18BrNO/c1-2-3-8-13(16)15-10-9-11-6-4-5-7-12(11)14/h4-7H,2-3,8-10H2,1H3,(H,15,16). The van der Waals surface area contributed by atoms with Crippen LogP contribution in [-0.2, 0) is 11.2 Å². The Balaban J connectivity index is 2.25. The normalized spacial score (nSPS) is 10.1. The molecule has 0 atom stereocenters. The smallest absolute Gasteiger partial charge is 0.220 e. The molecule has 0 saturated carbocycles. The van der Waals surface area contributed by atoms with E-state index >= 15 is 0 Å². The number of nitrogens with one attached hydrogen (secondary N) is 1. The van der Waals surface area contributed by atoms with Crippen molar-refractivity contribution in [2.45, 2.75) is 32.6 Å². The minimum atomic E-state index is 0.161. The molecule has 0 spiro atoms. The van der Waals surface area contributed by atoms with Gasteiger partial charge in [-0.3, -0.25) is 4.79 Å². The molecule has 0 heterocycles. The summed E-state index contributed by atoms with van der Waals surface area (Å²) in [5.74, 6) is 0.161. The second-order valence-corrected chi connectivity index (χ2v) is 4.65. The summed E-state index contributed by atoms with van der Waals surface area (Å²) in [5.41, 5.74) is 1.23. The lowest BCUT2D eigenvalue weighted by Crippen LogP contribution is -2.25. The zero-order valence-corrected chi connectivity index (χ0v) is 11.2. The molecule has 16 heavy (non-hydrogen) atoms. The minimum absolute atomic E-state index is 0.161. The van der Waals surface area contributed by atoms with Crippen LogP contribution in [0.3, 0.4) is 0 Å². The summed E-state index contributed by atoms with van der Waals surface area (Å²) in [6.45, 7) is 2.81. The Bertz CT molecular complexity index is 338. The van der Waals surface area contributed by atoms with E-state index in [1.54, 1.807) is 0 Å². The summed E-state index contributed by atoms with van der Waals surface area (Å²) in [7, 11) is 0. The van der Waals surface area contributed by atoms with Gasteiger partial charge in [0.1, 0.15) is 0 Å². The van der Waals surface area contributed by atoms with Crippen LogP contribution in [0, 0.1) is 0 Å². The molecule has 88 valence electrons. The highest BCUT2D eigenvalue weighted by Crippen LogP contribution is 2.15. The van der Waals surface area contributed by atoms with Gasteiger partial charge >= 0.3 is 0 Å². The zero-order valence-electron chi connectivity index (χ0n) is 9.63. The third kappa shape index (κ3) is 4.79. The molecule has 0 bridgehead atoms. The van der Waals surface area contributed by atoms with Gasteiger partial charge in [-0.1, -0.05) is 47.5 Å². The lowest BCUT2D eigenvalue weighted by molar-refractivity contribution is -0.121. The Labute approximate surface area is 106 Å². The molecule has 0 aliphatic heterocycles. The summed E-state index contributed by atoms with van der Waals surface area (Å²) < 4.78 is 1.11. The molecule has 0 fully saturated rings. The minimum Gasteiger partial charge on any atom is -0.356 e. The fraction of sp³-hybridized carbons (Fsp3) is 0.462. The third-order valence-corrected chi connectivity index (χ3v) is 3.21. The molecule has 2 nitrogen and oxygen atoms in total. The molecule has 1 aromatic carbocycles. The lowest BCUT2D eigenvalue weighted by Gasteiger charge is -2.06. The van der Waals surface area contributed by atoms with E-state index in [9.17, 15) is 4.79 Å². The number of hydrogen-bond acceptors (Lipinski definition) is 1. The highest BCUT2D eigenvalue weighted by Gasteiger charge is 2.01. The Morgan fingerprint density at radius 2 is 2.12 bits per heavy atom. The first-order valence-corrected chi connectivity index (χ1v) is 6.53. The van der Waals surface area contributed by atoms with Crippen LogP contribution in [0.5, 0.6) is 0 Å². The van der Waals surface area contributed by atoms with Crippen molar-refractivity contribution >= 4 is 21.8 Å². The lowest BCUT2D eigenvalue weighted by atomic mass is 10.1. The summed E-state index contributed by atoms with van der Waals surface area (Å²) >= 11 is 3.49. The molecule has 1 amide bonds. The first-order chi connectivity index (χ1) is 7.74. The molecular weight excluding hydrogens is 266 g/mol. The molecule has 0 aliphatic carbocycles. The van der Waals surface area contributed by atoms with Gasteiger partial charge in [0.15, 0.2) is 0 Å². The Kier molecular flexibility index (Phi) is 6.16. The van der Waals surface area contributed by atoms with E-state index in [-0.39, 0.29) is 5.91 Å². The highest BCUT2D eigenvalue weighted by molar-refractivity contribution is 9.10. The average Bonchev–Trinajstić information content (AvgIpc) is 2.29. The maximum Gasteiger partial charge on any atom is 0.220 e. The Hall–Kier alpha value is -0.830. The molecule has 0 unspecified atom stereocenters. The van der Waals surface area contributed by atoms with Crippen LogP contribution in [0.25, 0.3) is 0 Å². The van der Waals surface area contributed by atoms with Gasteiger partial charge < -0.3 is 5.32 Å². The van der Waals surface area contributed by atoms with Crippen molar-refractivity contribution in [3.8, 4) is 0 Å². The van der Waals surface area contributed by atoms with Gasteiger partial charge in [0, 0.05) is 17.4 Å². The van der Waals surface area contributed by atoms with E-state index < -0.39 is 0 Å². The third-order valence-electron chi connectivity index (χ3n) is 2.43. The molecule has 0 aliphatic rings. The second-order valence-electron chi connectivity index (χ2n) is 3.79. The molecule has 0 saturated heterocycles. The average molecular weight is 284 g/mol. The van der Waals surface area contributed by atoms with Crippen LogP contribution < -0.4 is 5.32 Å². The van der Waals surface area contributed by atoms with Crippen LogP contribution >= 0.6 is 15.9 Å². The van der Waals surface area contributed by atoms with Crippen molar-refractivity contribution in [3.05, 3.63) is 34.3 Å². The van der Waals surface area contributed by atoms with Crippen molar-refractivity contribution in [2.24, 2.45) is 0 Å². The number of rotatable bonds is 6. The number of halogens is 1. The summed E-state index contributed by atoms with van der Waals surface area (Å²) in [6.07, 6.45) is 3.56. The number of carbonyl (C=O) groups excluding carboxylic acids is 1. The maximum atomic E-state index is 11.4. The summed E-state index contributed by atoms with van der Waals surface area (Å²) in [6, 6.07) is 8.10. The first kappa shape index (κ1) is 13.2. The second kappa shape index (κ2) is 7.44. The number of unbranched alkanes of at least 4 members (excludes halogenated alkanes) is 1. The van der Waals surface area contributed by atoms with Crippen LogP contribution in [0.4, 0.5) is 0 Å². The van der Waals surface area contributed by atoms with E-state index in [2.05, 4.69) is 34.2 Å². The van der Waals surface area contributed by atoms with Crippen molar-refractivity contribution < 1.29 is 4.79 Å². The molecule has 3 heteroatoms. The Morgan fingerprint density at radius 1 is 1.38 bits per heavy atom. The van der Waals surface area contributed by atoms with Crippen molar-refractivity contribution in [1.82, 2.24) is 5.32 Å². The molecule has 1 N–H and O–H groups in total. The fourth-order valence-electron chi connectivity index (χ4n) is 1.46. The topological polar surface area (TPSA) is 29.1 Å². The van der Waals surface area contributed by atoms with E-state index in [0.717, 1.165) is 23.7 Å². The number of benzene rings is 1. The predicted molar refractivity (Wildman–Crippen MR) is 70.4 cm³/mol. The van der Waals surface area contributed by atoms with Crippen LogP contribution in [-0.4, -0.2) is 12.5 Å². The van der Waals surface area contributed by atoms with Crippen LogP contribution in [0.2, 0.25) is 0 Å². The van der Waals surface area contributed by atoms with E-state index in [0.29, 0.717) is 13.0 Å². The summed E-state index contributed by atoms with van der Waals surface area (Å²) in [4.78, 5) is 11.4.